The first-order chi connectivity index (χ1) is 11.9. The predicted molar refractivity (Wildman–Crippen MR) is 92.5 cm³/mol. The van der Waals surface area contributed by atoms with Crippen LogP contribution in [0.25, 0.3) is 0 Å². The molecule has 1 aromatic carbocycles. The number of aromatic nitrogens is 2. The monoisotopic (exact) mass is 342 g/mol. The third-order valence-corrected chi connectivity index (χ3v) is 4.65. The zero-order valence-corrected chi connectivity index (χ0v) is 14.7. The minimum absolute atomic E-state index is 0.0895. The second-order valence-electron chi connectivity index (χ2n) is 6.23. The molecule has 3 rings (SSSR count). The lowest BCUT2D eigenvalue weighted by Crippen LogP contribution is -2.31. The van der Waals surface area contributed by atoms with E-state index in [0.29, 0.717) is 23.6 Å². The summed E-state index contributed by atoms with van der Waals surface area (Å²) in [5, 5.41) is 4.42. The summed E-state index contributed by atoms with van der Waals surface area (Å²) in [6.07, 6.45) is 1.76. The first kappa shape index (κ1) is 17.0. The molecule has 132 valence electrons. The number of aryl methyl sites for hydroxylation is 2. The molecule has 0 aliphatic carbocycles. The highest BCUT2D eigenvalue weighted by Gasteiger charge is 2.35. The summed E-state index contributed by atoms with van der Waals surface area (Å²) in [7, 11) is 3.43. The van der Waals surface area contributed by atoms with Gasteiger partial charge in [-0.05, 0) is 38.0 Å². The van der Waals surface area contributed by atoms with Crippen LogP contribution in [0.3, 0.4) is 0 Å². The Morgan fingerprint density at radius 3 is 2.72 bits per heavy atom. The van der Waals surface area contributed by atoms with Crippen molar-refractivity contribution in [2.24, 2.45) is 12.8 Å². The first-order valence-corrected chi connectivity index (χ1v) is 8.22. The maximum absolute atomic E-state index is 13.0. The number of carbonyl (C=O) groups excluding carboxylic acids is 2. The minimum Gasteiger partial charge on any atom is -0.481 e. The van der Waals surface area contributed by atoms with Crippen molar-refractivity contribution in [3.05, 3.63) is 46.6 Å². The van der Waals surface area contributed by atoms with Crippen LogP contribution in [-0.4, -0.2) is 40.1 Å². The average molecular weight is 342 g/mol. The van der Waals surface area contributed by atoms with E-state index in [2.05, 4.69) is 5.10 Å². The number of primary amides is 1. The van der Waals surface area contributed by atoms with Gasteiger partial charge in [0.15, 0.2) is 0 Å². The fraction of sp³-hybridized carbons (Fsp3) is 0.389. The van der Waals surface area contributed by atoms with E-state index >= 15 is 0 Å². The molecule has 0 unspecified atom stereocenters. The summed E-state index contributed by atoms with van der Waals surface area (Å²) < 4.78 is 7.19. The highest BCUT2D eigenvalue weighted by atomic mass is 16.5. The fourth-order valence-corrected chi connectivity index (χ4v) is 3.56. The molecule has 0 spiro atoms. The summed E-state index contributed by atoms with van der Waals surface area (Å²) in [6, 6.07) is 6.45. The van der Waals surface area contributed by atoms with Gasteiger partial charge in [0.25, 0.3) is 5.91 Å². The number of rotatable bonds is 4. The van der Waals surface area contributed by atoms with Gasteiger partial charge in [0.1, 0.15) is 0 Å². The van der Waals surface area contributed by atoms with Gasteiger partial charge in [-0.25, -0.2) is 4.68 Å². The molecule has 2 aromatic rings. The minimum atomic E-state index is -0.544. The quantitative estimate of drug-likeness (QED) is 0.917. The largest absolute Gasteiger partial charge is 0.481 e. The van der Waals surface area contributed by atoms with Crippen molar-refractivity contribution in [1.82, 2.24) is 14.7 Å². The van der Waals surface area contributed by atoms with Gasteiger partial charge in [-0.3, -0.25) is 9.59 Å². The van der Waals surface area contributed by atoms with Gasteiger partial charge >= 0.3 is 0 Å². The molecule has 0 radical (unpaired) electrons. The van der Waals surface area contributed by atoms with E-state index in [4.69, 9.17) is 10.5 Å². The van der Waals surface area contributed by atoms with Crippen molar-refractivity contribution in [2.45, 2.75) is 25.8 Å². The van der Waals surface area contributed by atoms with Crippen molar-refractivity contribution < 1.29 is 14.3 Å². The third-order valence-electron chi connectivity index (χ3n) is 4.65. The Labute approximate surface area is 146 Å². The number of hydrogen-bond donors (Lipinski definition) is 1. The van der Waals surface area contributed by atoms with Crippen molar-refractivity contribution >= 4 is 11.8 Å². The summed E-state index contributed by atoms with van der Waals surface area (Å²) in [5.74, 6) is 0.0152. The molecule has 1 aromatic heterocycles. The normalized spacial score (nSPS) is 16.9. The lowest BCUT2D eigenvalue weighted by molar-refractivity contribution is 0.0733. The zero-order valence-electron chi connectivity index (χ0n) is 14.7. The average Bonchev–Trinajstić information content (AvgIpc) is 3.17. The molecule has 2 N–H and O–H groups in total. The van der Waals surface area contributed by atoms with E-state index in [9.17, 15) is 9.59 Å². The summed E-state index contributed by atoms with van der Waals surface area (Å²) in [5.41, 5.74) is 7.92. The van der Waals surface area contributed by atoms with Crippen LogP contribution < -0.4 is 10.5 Å². The van der Waals surface area contributed by atoms with Gasteiger partial charge < -0.3 is 15.4 Å². The van der Waals surface area contributed by atoms with Crippen LogP contribution in [0.5, 0.6) is 5.88 Å². The molecule has 1 saturated heterocycles. The van der Waals surface area contributed by atoms with Crippen molar-refractivity contribution in [3.63, 3.8) is 0 Å². The van der Waals surface area contributed by atoms with Crippen LogP contribution in [-0.2, 0) is 7.05 Å². The Kier molecular flexibility index (Phi) is 4.48. The van der Waals surface area contributed by atoms with E-state index in [1.54, 1.807) is 36.1 Å². The Balaban J connectivity index is 1.96. The standard InChI is InChI=1S/C18H22N4O3/c1-11-15(18(25-3)21(2)20-11)14-8-5-9-22(14)17(24)13-7-4-6-12(10-13)16(19)23/h4,6-7,10,14H,5,8-9H2,1-3H3,(H2,19,23)/t14-/m0/s1. The summed E-state index contributed by atoms with van der Waals surface area (Å²) >= 11 is 0. The number of carbonyl (C=O) groups is 2. The van der Waals surface area contributed by atoms with Crippen LogP contribution in [0.1, 0.15) is 50.9 Å². The third kappa shape index (κ3) is 2.97. The zero-order chi connectivity index (χ0) is 18.1. The number of hydrogen-bond acceptors (Lipinski definition) is 4. The van der Waals surface area contributed by atoms with Crippen LogP contribution >= 0.6 is 0 Å². The summed E-state index contributed by atoms with van der Waals surface area (Å²) in [4.78, 5) is 26.2. The van der Waals surface area contributed by atoms with Crippen LogP contribution in [0.2, 0.25) is 0 Å². The van der Waals surface area contributed by atoms with E-state index in [0.717, 1.165) is 24.1 Å². The number of amides is 2. The number of nitrogens with zero attached hydrogens (tertiary/aromatic N) is 3. The van der Waals surface area contributed by atoms with Crippen molar-refractivity contribution in [3.8, 4) is 5.88 Å². The van der Waals surface area contributed by atoms with Gasteiger partial charge in [0, 0.05) is 24.7 Å². The lowest BCUT2D eigenvalue weighted by atomic mass is 10.0. The number of nitrogens with two attached hydrogens (primary N) is 1. The Morgan fingerprint density at radius 2 is 2.04 bits per heavy atom. The van der Waals surface area contributed by atoms with E-state index < -0.39 is 5.91 Å². The number of ether oxygens (including phenoxy) is 1. The Hall–Kier alpha value is -2.83. The molecule has 1 aliphatic heterocycles. The highest BCUT2D eigenvalue weighted by molar-refractivity contribution is 5.99. The SMILES string of the molecule is COc1c([C@@H]2CCCN2C(=O)c2cccc(C(N)=O)c2)c(C)nn1C. The van der Waals surface area contributed by atoms with Crippen molar-refractivity contribution in [2.75, 3.05) is 13.7 Å². The van der Waals surface area contributed by atoms with Crippen LogP contribution in [0, 0.1) is 6.92 Å². The second-order valence-corrected chi connectivity index (χ2v) is 6.23. The van der Waals surface area contributed by atoms with Gasteiger partial charge in [-0.15, -0.1) is 0 Å². The molecule has 1 fully saturated rings. The molecule has 0 saturated carbocycles. The fourth-order valence-electron chi connectivity index (χ4n) is 3.56. The Morgan fingerprint density at radius 1 is 1.32 bits per heavy atom. The maximum atomic E-state index is 13.0. The molecule has 25 heavy (non-hydrogen) atoms. The molecule has 1 aliphatic rings. The van der Waals surface area contributed by atoms with Crippen LogP contribution in [0.4, 0.5) is 0 Å². The smallest absolute Gasteiger partial charge is 0.254 e. The van der Waals surface area contributed by atoms with Crippen LogP contribution in [0.15, 0.2) is 24.3 Å². The first-order valence-electron chi connectivity index (χ1n) is 8.22. The van der Waals surface area contributed by atoms with Gasteiger partial charge in [-0.2, -0.15) is 5.10 Å². The number of benzene rings is 1. The van der Waals surface area contributed by atoms with E-state index in [-0.39, 0.29) is 11.9 Å². The van der Waals surface area contributed by atoms with Gasteiger partial charge in [0.2, 0.25) is 11.8 Å². The number of methoxy groups -OCH3 is 1. The number of likely N-dealkylation sites (tertiary alicyclic amines) is 1. The molecule has 2 amide bonds. The second kappa shape index (κ2) is 6.58. The van der Waals surface area contributed by atoms with E-state index in [1.807, 2.05) is 18.9 Å². The van der Waals surface area contributed by atoms with Gasteiger partial charge in [0.05, 0.1) is 24.4 Å². The summed E-state index contributed by atoms with van der Waals surface area (Å²) in [6.45, 7) is 2.58. The molecule has 1 atom stereocenters. The van der Waals surface area contributed by atoms with E-state index in [1.165, 1.54) is 0 Å². The molecule has 0 bridgehead atoms. The molecular formula is C18H22N4O3. The molecule has 7 heteroatoms. The molecule has 2 heterocycles. The predicted octanol–water partition coefficient (Wildman–Crippen LogP) is 1.81. The molecular weight excluding hydrogens is 320 g/mol. The topological polar surface area (TPSA) is 90.4 Å². The van der Waals surface area contributed by atoms with Crippen molar-refractivity contribution in [1.29, 1.82) is 0 Å². The lowest BCUT2D eigenvalue weighted by Gasteiger charge is -2.25. The molecule has 7 nitrogen and oxygen atoms in total. The highest BCUT2D eigenvalue weighted by Crippen LogP contribution is 2.39. The van der Waals surface area contributed by atoms with Gasteiger partial charge in [-0.1, -0.05) is 6.07 Å². The maximum Gasteiger partial charge on any atom is 0.254 e. The Bertz CT molecular complexity index is 828.